The molecule has 0 unspecified atom stereocenters. The van der Waals surface area contributed by atoms with Crippen LogP contribution in [-0.2, 0) is 17.9 Å². The van der Waals surface area contributed by atoms with E-state index in [9.17, 15) is 9.59 Å². The third-order valence-electron chi connectivity index (χ3n) is 4.35. The van der Waals surface area contributed by atoms with Crippen LogP contribution in [0.1, 0.15) is 29.4 Å². The molecule has 144 valence electrons. The van der Waals surface area contributed by atoms with E-state index in [0.717, 1.165) is 6.42 Å². The summed E-state index contributed by atoms with van der Waals surface area (Å²) < 4.78 is 17.3. The molecule has 7 nitrogen and oxygen atoms in total. The van der Waals surface area contributed by atoms with E-state index in [1.807, 2.05) is 6.92 Å². The molecule has 0 spiro atoms. The van der Waals surface area contributed by atoms with Crippen molar-refractivity contribution in [3.05, 3.63) is 63.0 Å². The zero-order chi connectivity index (χ0) is 19.7. The van der Waals surface area contributed by atoms with Crippen LogP contribution in [0.5, 0.6) is 11.5 Å². The Morgan fingerprint density at radius 1 is 1.25 bits per heavy atom. The van der Waals surface area contributed by atoms with Crippen molar-refractivity contribution in [2.45, 2.75) is 26.5 Å². The number of aryl methyl sites for hydroxylation is 1. The van der Waals surface area contributed by atoms with Crippen LogP contribution in [0.15, 0.2) is 41.2 Å². The van der Waals surface area contributed by atoms with E-state index in [-0.39, 0.29) is 24.7 Å². The van der Waals surface area contributed by atoms with Gasteiger partial charge in [-0.3, -0.25) is 4.79 Å². The van der Waals surface area contributed by atoms with Gasteiger partial charge in [-0.1, -0.05) is 36.7 Å². The third kappa shape index (κ3) is 3.29. The summed E-state index contributed by atoms with van der Waals surface area (Å²) in [5.74, 6) is 0.379. The van der Waals surface area contributed by atoms with Crippen LogP contribution in [0.3, 0.4) is 0 Å². The molecule has 0 bridgehead atoms. The van der Waals surface area contributed by atoms with Crippen LogP contribution in [0, 0.1) is 0 Å². The van der Waals surface area contributed by atoms with E-state index in [0.29, 0.717) is 39.4 Å². The fourth-order valence-corrected chi connectivity index (χ4v) is 3.36. The van der Waals surface area contributed by atoms with Gasteiger partial charge in [0.2, 0.25) is 6.79 Å². The zero-order valence-corrected chi connectivity index (χ0v) is 15.9. The van der Waals surface area contributed by atoms with Crippen LogP contribution in [0.4, 0.5) is 0 Å². The first kappa shape index (κ1) is 18.3. The van der Waals surface area contributed by atoms with Gasteiger partial charge in [0.15, 0.2) is 17.2 Å². The second kappa shape index (κ2) is 7.52. The molecule has 0 amide bonds. The third-order valence-corrected chi connectivity index (χ3v) is 4.63. The number of carbonyl (C=O) groups is 1. The molecule has 2 heterocycles. The molecule has 8 heteroatoms. The normalized spacial score (nSPS) is 12.4. The molecule has 1 aliphatic heterocycles. The highest BCUT2D eigenvalue weighted by Crippen LogP contribution is 2.39. The Balaban J connectivity index is 1.63. The Labute approximate surface area is 165 Å². The Morgan fingerprint density at radius 3 is 2.82 bits per heavy atom. The average molecular weight is 401 g/mol. The molecule has 0 saturated carbocycles. The molecule has 4 rings (SSSR count). The molecule has 0 saturated heterocycles. The molecule has 0 atom stereocenters. The van der Waals surface area contributed by atoms with Crippen molar-refractivity contribution in [2.24, 2.45) is 0 Å². The highest BCUT2D eigenvalue weighted by molar-refractivity contribution is 6.32. The number of rotatable bonds is 5. The molecular formula is C20H17ClN2O5. The molecule has 28 heavy (non-hydrogen) atoms. The first-order chi connectivity index (χ1) is 13.6. The molecule has 0 radical (unpaired) electrons. The van der Waals surface area contributed by atoms with Gasteiger partial charge in [-0.25, -0.2) is 9.48 Å². The summed E-state index contributed by atoms with van der Waals surface area (Å²) in [6.45, 7) is 2.44. The van der Waals surface area contributed by atoms with E-state index in [1.165, 1.54) is 4.68 Å². The van der Waals surface area contributed by atoms with Crippen molar-refractivity contribution in [1.29, 1.82) is 0 Å². The summed E-state index contributed by atoms with van der Waals surface area (Å²) in [4.78, 5) is 25.3. The lowest BCUT2D eigenvalue weighted by molar-refractivity contribution is 0.0465. The van der Waals surface area contributed by atoms with Gasteiger partial charge < -0.3 is 14.2 Å². The quantitative estimate of drug-likeness (QED) is 0.609. The minimum Gasteiger partial charge on any atom is -0.456 e. The summed E-state index contributed by atoms with van der Waals surface area (Å²) in [5, 5.41) is 5.53. The van der Waals surface area contributed by atoms with Gasteiger partial charge in [0.05, 0.1) is 10.4 Å². The Morgan fingerprint density at radius 2 is 2.04 bits per heavy atom. The molecule has 1 aliphatic rings. The lowest BCUT2D eigenvalue weighted by Crippen LogP contribution is -2.26. The van der Waals surface area contributed by atoms with E-state index in [2.05, 4.69) is 5.10 Å². The van der Waals surface area contributed by atoms with Crippen molar-refractivity contribution in [2.75, 3.05) is 6.79 Å². The molecule has 3 aromatic rings. The number of hydrogen-bond donors (Lipinski definition) is 0. The van der Waals surface area contributed by atoms with Gasteiger partial charge in [-0.15, -0.1) is 0 Å². The van der Waals surface area contributed by atoms with Crippen LogP contribution in [0.2, 0.25) is 5.02 Å². The maximum absolute atomic E-state index is 12.7. The number of carbonyl (C=O) groups excluding carboxylic acids is 1. The van der Waals surface area contributed by atoms with Gasteiger partial charge in [0, 0.05) is 11.9 Å². The van der Waals surface area contributed by atoms with E-state index in [4.69, 9.17) is 25.8 Å². The highest BCUT2D eigenvalue weighted by atomic mass is 35.5. The van der Waals surface area contributed by atoms with Crippen LogP contribution >= 0.6 is 11.6 Å². The summed E-state index contributed by atoms with van der Waals surface area (Å²) in [6, 6.07) is 10.2. The first-order valence-corrected chi connectivity index (χ1v) is 9.21. The van der Waals surface area contributed by atoms with Gasteiger partial charge in [0.1, 0.15) is 6.61 Å². The smallest absolute Gasteiger partial charge is 0.359 e. The van der Waals surface area contributed by atoms with Crippen LogP contribution in [0.25, 0.3) is 10.8 Å². The molecule has 0 aliphatic carbocycles. The SMILES string of the molecule is CCCn1nc(C(=O)OCc2cc(Cl)c3c(c2)OCO3)c2ccccc2c1=O. The van der Waals surface area contributed by atoms with Crippen molar-refractivity contribution >= 4 is 28.3 Å². The molecule has 0 fully saturated rings. The van der Waals surface area contributed by atoms with Crippen molar-refractivity contribution in [3.63, 3.8) is 0 Å². The van der Waals surface area contributed by atoms with Gasteiger partial charge in [-0.2, -0.15) is 5.10 Å². The number of halogens is 1. The summed E-state index contributed by atoms with van der Waals surface area (Å²) >= 11 is 6.16. The maximum Gasteiger partial charge on any atom is 0.359 e. The van der Waals surface area contributed by atoms with Gasteiger partial charge >= 0.3 is 5.97 Å². The Bertz CT molecular complexity index is 1130. The monoisotopic (exact) mass is 400 g/mol. The average Bonchev–Trinajstić information content (AvgIpc) is 3.18. The van der Waals surface area contributed by atoms with E-state index >= 15 is 0 Å². The molecule has 2 aromatic carbocycles. The minimum atomic E-state index is -0.616. The Hall–Kier alpha value is -3.06. The molecular weight excluding hydrogens is 384 g/mol. The topological polar surface area (TPSA) is 79.7 Å². The number of esters is 1. The number of aromatic nitrogens is 2. The highest BCUT2D eigenvalue weighted by Gasteiger charge is 2.21. The predicted molar refractivity (Wildman–Crippen MR) is 103 cm³/mol. The first-order valence-electron chi connectivity index (χ1n) is 8.83. The Kier molecular flexibility index (Phi) is 4.92. The summed E-state index contributed by atoms with van der Waals surface area (Å²) in [6.07, 6.45) is 0.718. The summed E-state index contributed by atoms with van der Waals surface area (Å²) in [7, 11) is 0. The molecule has 1 aromatic heterocycles. The van der Waals surface area contributed by atoms with Crippen LogP contribution < -0.4 is 15.0 Å². The largest absolute Gasteiger partial charge is 0.456 e. The lowest BCUT2D eigenvalue weighted by atomic mass is 10.1. The number of hydrogen-bond acceptors (Lipinski definition) is 6. The fraction of sp³-hybridized carbons (Fsp3) is 0.250. The fourth-order valence-electron chi connectivity index (χ4n) is 3.07. The van der Waals surface area contributed by atoms with Crippen molar-refractivity contribution in [1.82, 2.24) is 9.78 Å². The van der Waals surface area contributed by atoms with Gasteiger partial charge in [-0.05, 0) is 30.2 Å². The standard InChI is InChI=1S/C20H17ClN2O5/c1-2-7-23-19(24)14-6-4-3-5-13(14)17(22-23)20(25)26-10-12-8-15(21)18-16(9-12)27-11-28-18/h3-6,8-9H,2,7,10-11H2,1H3. The predicted octanol–water partition coefficient (Wildman–Crippen LogP) is 3.55. The second-order valence-corrected chi connectivity index (χ2v) is 6.72. The van der Waals surface area contributed by atoms with E-state index < -0.39 is 5.97 Å². The number of fused-ring (bicyclic) bond motifs is 2. The zero-order valence-electron chi connectivity index (χ0n) is 15.1. The lowest BCUT2D eigenvalue weighted by Gasteiger charge is -2.11. The van der Waals surface area contributed by atoms with Crippen molar-refractivity contribution < 1.29 is 19.0 Å². The second-order valence-electron chi connectivity index (χ2n) is 6.31. The van der Waals surface area contributed by atoms with E-state index in [1.54, 1.807) is 36.4 Å². The number of ether oxygens (including phenoxy) is 3. The van der Waals surface area contributed by atoms with Gasteiger partial charge in [0.25, 0.3) is 5.56 Å². The summed E-state index contributed by atoms with van der Waals surface area (Å²) in [5.41, 5.74) is 0.542. The van der Waals surface area contributed by atoms with Crippen molar-refractivity contribution in [3.8, 4) is 11.5 Å². The maximum atomic E-state index is 12.7. The minimum absolute atomic E-state index is 0.0158. The van der Waals surface area contributed by atoms with Crippen LogP contribution in [-0.4, -0.2) is 22.5 Å². The number of nitrogens with zero attached hydrogens (tertiary/aromatic N) is 2. The molecule has 0 N–H and O–H groups in total. The number of benzene rings is 2.